The van der Waals surface area contributed by atoms with E-state index in [9.17, 15) is 0 Å². The lowest BCUT2D eigenvalue weighted by Gasteiger charge is -2.33. The molecule has 0 fully saturated rings. The molecule has 0 aliphatic rings. The first-order valence-corrected chi connectivity index (χ1v) is 6.15. The third kappa shape index (κ3) is 4.13. The first kappa shape index (κ1) is 14.7. The second-order valence-electron chi connectivity index (χ2n) is 4.63. The third-order valence-electron chi connectivity index (χ3n) is 3.19. The van der Waals surface area contributed by atoms with E-state index in [0.717, 1.165) is 0 Å². The molecule has 3 N–H and O–H groups in total. The van der Waals surface area contributed by atoms with Gasteiger partial charge in [0.15, 0.2) is 0 Å². The second kappa shape index (κ2) is 7.13. The van der Waals surface area contributed by atoms with E-state index in [1.54, 1.807) is 7.11 Å². The Labute approximate surface area is 109 Å². The molecule has 0 radical (unpaired) electrons. The highest BCUT2D eigenvalue weighted by Gasteiger charge is 2.22. The zero-order chi connectivity index (χ0) is 13.5. The van der Waals surface area contributed by atoms with Gasteiger partial charge in [0, 0.05) is 25.6 Å². The van der Waals surface area contributed by atoms with Crippen molar-refractivity contribution in [1.82, 2.24) is 4.90 Å². The Morgan fingerprint density at radius 3 is 2.50 bits per heavy atom. The number of amidine groups is 1. The van der Waals surface area contributed by atoms with Crippen LogP contribution in [0.1, 0.15) is 24.9 Å². The minimum atomic E-state index is 0.119. The van der Waals surface area contributed by atoms with Crippen LogP contribution in [-0.4, -0.2) is 37.5 Å². The first-order chi connectivity index (χ1) is 8.56. The summed E-state index contributed by atoms with van der Waals surface area (Å²) < 4.78 is 5.19. The minimum Gasteiger partial charge on any atom is -0.388 e. The molecule has 0 saturated heterocycles. The van der Waals surface area contributed by atoms with Crippen LogP contribution in [0, 0.1) is 5.41 Å². The largest absolute Gasteiger partial charge is 0.388 e. The molecular formula is C14H23N3O. The summed E-state index contributed by atoms with van der Waals surface area (Å²) in [6.45, 7) is 2.78. The van der Waals surface area contributed by atoms with Gasteiger partial charge in [-0.05, 0) is 19.5 Å². The van der Waals surface area contributed by atoms with Crippen molar-refractivity contribution in [3.8, 4) is 0 Å². The van der Waals surface area contributed by atoms with Crippen molar-refractivity contribution in [2.24, 2.45) is 5.73 Å². The van der Waals surface area contributed by atoms with Gasteiger partial charge in [0.25, 0.3) is 0 Å². The molecule has 0 saturated carbocycles. The molecule has 0 heterocycles. The van der Waals surface area contributed by atoms with Crippen molar-refractivity contribution in [3.05, 3.63) is 35.9 Å². The van der Waals surface area contributed by atoms with Crippen molar-refractivity contribution in [1.29, 1.82) is 5.41 Å². The molecule has 100 valence electrons. The van der Waals surface area contributed by atoms with Crippen LogP contribution in [-0.2, 0) is 4.74 Å². The third-order valence-corrected chi connectivity index (χ3v) is 3.19. The Bertz CT molecular complexity index is 367. The molecule has 0 bridgehead atoms. The van der Waals surface area contributed by atoms with Crippen LogP contribution in [0.2, 0.25) is 0 Å². The summed E-state index contributed by atoms with van der Waals surface area (Å²) >= 11 is 0. The first-order valence-electron chi connectivity index (χ1n) is 6.15. The summed E-state index contributed by atoms with van der Waals surface area (Å²) in [7, 11) is 3.75. The lowest BCUT2D eigenvalue weighted by Crippen LogP contribution is -2.37. The van der Waals surface area contributed by atoms with E-state index in [-0.39, 0.29) is 17.9 Å². The second-order valence-corrected chi connectivity index (χ2v) is 4.63. The Kier molecular flexibility index (Phi) is 5.82. The van der Waals surface area contributed by atoms with Crippen LogP contribution in [0.15, 0.2) is 30.3 Å². The summed E-state index contributed by atoms with van der Waals surface area (Å²) in [5.41, 5.74) is 6.75. The predicted molar refractivity (Wildman–Crippen MR) is 74.8 cm³/mol. The average Bonchev–Trinajstić information content (AvgIpc) is 2.36. The number of nitrogens with two attached hydrogens (primary N) is 1. The number of hydrogen-bond donors (Lipinski definition) is 2. The van der Waals surface area contributed by atoms with Gasteiger partial charge in [0.1, 0.15) is 0 Å². The number of nitrogens with zero attached hydrogens (tertiary/aromatic N) is 1. The van der Waals surface area contributed by atoms with E-state index in [1.807, 2.05) is 25.2 Å². The Morgan fingerprint density at radius 1 is 1.39 bits per heavy atom. The molecule has 0 spiro atoms. The Balaban J connectivity index is 2.88. The highest BCUT2D eigenvalue weighted by Crippen LogP contribution is 2.24. The summed E-state index contributed by atoms with van der Waals surface area (Å²) in [5, 5.41) is 7.53. The number of nitrogens with one attached hydrogen (secondary N) is 1. The Hall–Kier alpha value is -1.39. The average molecular weight is 249 g/mol. The molecule has 4 heteroatoms. The maximum atomic E-state index is 7.53. The van der Waals surface area contributed by atoms with Crippen LogP contribution in [0.4, 0.5) is 0 Å². The topological polar surface area (TPSA) is 62.3 Å². The van der Waals surface area contributed by atoms with Gasteiger partial charge < -0.3 is 10.5 Å². The smallest absolute Gasteiger partial charge is 0.0924 e. The molecule has 1 aromatic rings. The van der Waals surface area contributed by atoms with Gasteiger partial charge in [0.2, 0.25) is 0 Å². The summed E-state index contributed by atoms with van der Waals surface area (Å²) in [6, 6.07) is 10.6. The van der Waals surface area contributed by atoms with E-state index >= 15 is 0 Å². The minimum absolute atomic E-state index is 0.119. The van der Waals surface area contributed by atoms with Crippen LogP contribution < -0.4 is 5.73 Å². The van der Waals surface area contributed by atoms with E-state index in [2.05, 4.69) is 24.0 Å². The summed E-state index contributed by atoms with van der Waals surface area (Å²) in [5.74, 6) is 0.209. The van der Waals surface area contributed by atoms with Crippen molar-refractivity contribution in [2.75, 3.05) is 20.8 Å². The molecule has 1 rings (SSSR count). The molecule has 1 aromatic carbocycles. The maximum Gasteiger partial charge on any atom is 0.0924 e. The molecule has 2 atom stereocenters. The fourth-order valence-electron chi connectivity index (χ4n) is 2.05. The zero-order valence-electron chi connectivity index (χ0n) is 11.4. The number of ether oxygens (including phenoxy) is 1. The van der Waals surface area contributed by atoms with Crippen LogP contribution >= 0.6 is 0 Å². The van der Waals surface area contributed by atoms with E-state index in [4.69, 9.17) is 15.9 Å². The van der Waals surface area contributed by atoms with Gasteiger partial charge in [-0.3, -0.25) is 10.3 Å². The van der Waals surface area contributed by atoms with Gasteiger partial charge in [-0.15, -0.1) is 0 Å². The fourth-order valence-corrected chi connectivity index (χ4v) is 2.05. The number of rotatable bonds is 7. The molecule has 0 aromatic heterocycles. The van der Waals surface area contributed by atoms with Crippen LogP contribution in [0.3, 0.4) is 0 Å². The van der Waals surface area contributed by atoms with E-state index < -0.39 is 0 Å². The van der Waals surface area contributed by atoms with Crippen molar-refractivity contribution in [3.63, 3.8) is 0 Å². The maximum absolute atomic E-state index is 7.53. The van der Waals surface area contributed by atoms with Gasteiger partial charge in [-0.2, -0.15) is 0 Å². The normalized spacial score (nSPS) is 14.4. The Morgan fingerprint density at radius 2 is 2.00 bits per heavy atom. The van der Waals surface area contributed by atoms with Gasteiger partial charge in [0.05, 0.1) is 12.4 Å². The number of hydrogen-bond acceptors (Lipinski definition) is 3. The van der Waals surface area contributed by atoms with Crippen molar-refractivity contribution >= 4 is 5.84 Å². The quantitative estimate of drug-likeness (QED) is 0.574. The van der Waals surface area contributed by atoms with E-state index in [0.29, 0.717) is 13.0 Å². The lowest BCUT2D eigenvalue weighted by molar-refractivity contribution is 0.0905. The molecule has 0 aliphatic heterocycles. The highest BCUT2D eigenvalue weighted by atomic mass is 16.5. The standard InChI is InChI=1S/C14H23N3O/c1-11(10-18-3)17(2)13(9-14(15)16)12-7-5-4-6-8-12/h4-8,11,13H,9-10H2,1-3H3,(H3,15,16). The van der Waals surface area contributed by atoms with Crippen molar-refractivity contribution in [2.45, 2.75) is 25.4 Å². The molecule has 4 nitrogen and oxygen atoms in total. The molecule has 18 heavy (non-hydrogen) atoms. The molecule has 0 amide bonds. The summed E-state index contributed by atoms with van der Waals surface area (Å²) in [4.78, 5) is 2.21. The van der Waals surface area contributed by atoms with Gasteiger partial charge >= 0.3 is 0 Å². The molecular weight excluding hydrogens is 226 g/mol. The summed E-state index contributed by atoms with van der Waals surface area (Å²) in [6.07, 6.45) is 0.536. The molecule has 0 aliphatic carbocycles. The van der Waals surface area contributed by atoms with E-state index in [1.165, 1.54) is 5.56 Å². The lowest BCUT2D eigenvalue weighted by atomic mass is 10.0. The SMILES string of the molecule is COCC(C)N(C)C(CC(=N)N)c1ccccc1. The van der Waals surface area contributed by atoms with Crippen LogP contribution in [0.5, 0.6) is 0 Å². The van der Waals surface area contributed by atoms with Gasteiger partial charge in [-0.25, -0.2) is 0 Å². The molecule has 2 unspecified atom stereocenters. The monoisotopic (exact) mass is 249 g/mol. The fraction of sp³-hybridized carbons (Fsp3) is 0.500. The number of methoxy groups -OCH3 is 1. The number of benzene rings is 1. The van der Waals surface area contributed by atoms with Gasteiger partial charge in [-0.1, -0.05) is 30.3 Å². The zero-order valence-corrected chi connectivity index (χ0v) is 11.4. The highest BCUT2D eigenvalue weighted by molar-refractivity contribution is 5.77. The predicted octanol–water partition coefficient (Wildman–Crippen LogP) is 2.02. The van der Waals surface area contributed by atoms with Crippen LogP contribution in [0.25, 0.3) is 0 Å². The van der Waals surface area contributed by atoms with Crippen molar-refractivity contribution < 1.29 is 4.74 Å². The number of likely N-dealkylation sites (N-methyl/N-ethyl adjacent to an activating group) is 1.